The molecule has 3 rings (SSSR count). The van der Waals surface area contributed by atoms with E-state index in [4.69, 9.17) is 31.5 Å². The van der Waals surface area contributed by atoms with Gasteiger partial charge >= 0.3 is 0 Å². The number of nitrogens with two attached hydrogens (primary N) is 1. The molecule has 0 aromatic heterocycles. The normalized spacial score (nSPS) is 14.3. The Morgan fingerprint density at radius 3 is 2.34 bits per heavy atom. The highest BCUT2D eigenvalue weighted by atomic mass is 35.5. The number of ether oxygens (including phenoxy) is 3. The number of nitrogen functional groups attached to an aromatic ring is 1. The number of benzene rings is 2. The largest absolute Gasteiger partial charge is 0.497 e. The van der Waals surface area contributed by atoms with Gasteiger partial charge in [-0.05, 0) is 68.6 Å². The topological polar surface area (TPSA) is 74.0 Å². The van der Waals surface area contributed by atoms with E-state index >= 15 is 0 Å². The summed E-state index contributed by atoms with van der Waals surface area (Å²) in [7, 11) is 3.22. The first-order valence-electron chi connectivity index (χ1n) is 12.1. The first-order chi connectivity index (χ1) is 16.4. The predicted octanol–water partition coefficient (Wildman–Crippen LogP) is 5.95. The van der Waals surface area contributed by atoms with Gasteiger partial charge in [0.2, 0.25) is 0 Å². The zero-order valence-corrected chi connectivity index (χ0v) is 22.6. The van der Waals surface area contributed by atoms with E-state index < -0.39 is 0 Å². The van der Waals surface area contributed by atoms with Crippen molar-refractivity contribution in [1.29, 1.82) is 0 Å². The quantitative estimate of drug-likeness (QED) is 0.345. The molecule has 1 aliphatic heterocycles. The number of carbonyl (C=O) groups is 1. The van der Waals surface area contributed by atoms with E-state index in [0.717, 1.165) is 37.1 Å². The zero-order chi connectivity index (χ0) is 24.5. The average Bonchev–Trinajstić information content (AvgIpc) is 2.84. The van der Waals surface area contributed by atoms with Crippen molar-refractivity contribution < 1.29 is 19.0 Å². The molecule has 0 spiro atoms. The summed E-state index contributed by atoms with van der Waals surface area (Å²) in [6.07, 6.45) is 5.51. The van der Waals surface area contributed by atoms with Crippen LogP contribution in [0.2, 0.25) is 5.02 Å². The van der Waals surface area contributed by atoms with Crippen LogP contribution in [-0.2, 0) is 17.8 Å². The van der Waals surface area contributed by atoms with Crippen LogP contribution in [0.5, 0.6) is 17.2 Å². The number of Topliss-reactive ketones (excluding diaryl/α,β-unsaturated/α-hetero) is 1. The molecule has 1 heterocycles. The maximum Gasteiger partial charge on any atom is 0.137 e. The molecule has 194 valence electrons. The number of ketones is 1. The number of nitrogens with zero attached hydrogens (tertiary/aromatic N) is 1. The van der Waals surface area contributed by atoms with Gasteiger partial charge in [0, 0.05) is 30.5 Å². The molecule has 0 aliphatic carbocycles. The number of hydrogen-bond acceptors (Lipinski definition) is 6. The van der Waals surface area contributed by atoms with Gasteiger partial charge in [-0.15, -0.1) is 12.4 Å². The van der Waals surface area contributed by atoms with Gasteiger partial charge in [-0.25, -0.2) is 0 Å². The second kappa shape index (κ2) is 14.4. The third-order valence-corrected chi connectivity index (χ3v) is 6.75. The van der Waals surface area contributed by atoms with Gasteiger partial charge in [-0.2, -0.15) is 0 Å². The van der Waals surface area contributed by atoms with Gasteiger partial charge in [-0.1, -0.05) is 24.9 Å². The first-order valence-corrected chi connectivity index (χ1v) is 12.5. The van der Waals surface area contributed by atoms with E-state index in [9.17, 15) is 4.79 Å². The van der Waals surface area contributed by atoms with Crippen molar-refractivity contribution in [2.24, 2.45) is 5.92 Å². The van der Waals surface area contributed by atoms with Crippen LogP contribution in [0, 0.1) is 5.92 Å². The maximum atomic E-state index is 12.9. The average molecular weight is 526 g/mol. The smallest absolute Gasteiger partial charge is 0.137 e. The maximum absolute atomic E-state index is 12.9. The minimum atomic E-state index is 0. The van der Waals surface area contributed by atoms with Gasteiger partial charge < -0.3 is 24.8 Å². The summed E-state index contributed by atoms with van der Waals surface area (Å²) < 4.78 is 16.8. The number of halogens is 2. The van der Waals surface area contributed by atoms with Crippen molar-refractivity contribution in [3.8, 4) is 17.2 Å². The third kappa shape index (κ3) is 8.78. The van der Waals surface area contributed by atoms with Crippen molar-refractivity contribution in [2.75, 3.05) is 39.6 Å². The lowest BCUT2D eigenvalue weighted by atomic mass is 9.90. The van der Waals surface area contributed by atoms with E-state index in [1.165, 1.54) is 19.4 Å². The summed E-state index contributed by atoms with van der Waals surface area (Å²) in [5.41, 5.74) is 8.11. The summed E-state index contributed by atoms with van der Waals surface area (Å²) in [5, 5.41) is 0.433. The number of anilines is 1. The van der Waals surface area contributed by atoms with Crippen LogP contribution in [0.4, 0.5) is 5.69 Å². The number of unbranched alkanes of at least 4 members (excludes halogenated alkanes) is 1. The Balaban J connectivity index is 0.00000432. The molecule has 2 aromatic carbocycles. The molecular formula is C27H38Cl2N2O4. The molecule has 1 saturated heterocycles. The van der Waals surface area contributed by atoms with Crippen LogP contribution in [-0.4, -0.2) is 44.5 Å². The second-order valence-corrected chi connectivity index (χ2v) is 9.46. The van der Waals surface area contributed by atoms with Crippen molar-refractivity contribution in [2.45, 2.75) is 52.1 Å². The lowest BCUT2D eigenvalue weighted by molar-refractivity contribution is -0.119. The van der Waals surface area contributed by atoms with E-state index in [-0.39, 0.29) is 31.2 Å². The summed E-state index contributed by atoms with van der Waals surface area (Å²) in [6.45, 7) is 5.85. The Bertz CT molecular complexity index is 940. The lowest BCUT2D eigenvalue weighted by Gasteiger charge is -2.31. The van der Waals surface area contributed by atoms with Gasteiger partial charge in [-0.3, -0.25) is 4.79 Å². The monoisotopic (exact) mass is 524 g/mol. The lowest BCUT2D eigenvalue weighted by Crippen LogP contribution is -2.35. The van der Waals surface area contributed by atoms with Crippen molar-refractivity contribution in [1.82, 2.24) is 4.90 Å². The molecule has 35 heavy (non-hydrogen) atoms. The molecule has 1 aliphatic rings. The molecule has 1 fully saturated rings. The fourth-order valence-corrected chi connectivity index (χ4v) is 4.58. The van der Waals surface area contributed by atoms with Crippen LogP contribution in [0.15, 0.2) is 30.3 Å². The highest BCUT2D eigenvalue weighted by Gasteiger charge is 2.22. The fourth-order valence-electron chi connectivity index (χ4n) is 4.40. The third-order valence-electron chi connectivity index (χ3n) is 6.42. The number of piperidine rings is 1. The van der Waals surface area contributed by atoms with Crippen LogP contribution < -0.4 is 19.9 Å². The number of methoxy groups -OCH3 is 2. The van der Waals surface area contributed by atoms with Crippen molar-refractivity contribution >= 4 is 35.5 Å². The van der Waals surface area contributed by atoms with E-state index in [1.807, 2.05) is 18.2 Å². The Hall–Kier alpha value is -2.15. The van der Waals surface area contributed by atoms with Crippen LogP contribution >= 0.6 is 24.0 Å². The molecule has 2 N–H and O–H groups in total. The molecule has 8 heteroatoms. The minimum absolute atomic E-state index is 0. The van der Waals surface area contributed by atoms with Crippen molar-refractivity contribution in [3.05, 3.63) is 46.5 Å². The molecule has 0 saturated carbocycles. The molecule has 6 nitrogen and oxygen atoms in total. The van der Waals surface area contributed by atoms with E-state index in [0.29, 0.717) is 40.3 Å². The number of likely N-dealkylation sites (tertiary alicyclic amines) is 1. The zero-order valence-electron chi connectivity index (χ0n) is 21.0. The standard InChI is InChI=1S/C27H37ClN2O4.ClH/c1-4-5-8-30-9-6-19(7-10-30)11-22(31)14-21-15-25(28)26(29)17-27(21)34-18-20-12-23(32-2)16-24(13-20)33-3;/h12-13,15-17,19H,4-11,14,18,29H2,1-3H3;1H. The number of hydrogen-bond donors (Lipinski definition) is 1. The molecule has 2 aromatic rings. The van der Waals surface area contributed by atoms with Crippen LogP contribution in [0.1, 0.15) is 50.2 Å². The predicted molar refractivity (Wildman–Crippen MR) is 144 cm³/mol. The highest BCUT2D eigenvalue weighted by Crippen LogP contribution is 2.32. The second-order valence-electron chi connectivity index (χ2n) is 9.05. The van der Waals surface area contributed by atoms with E-state index in [1.54, 1.807) is 26.4 Å². The highest BCUT2D eigenvalue weighted by molar-refractivity contribution is 6.33. The Morgan fingerprint density at radius 2 is 1.74 bits per heavy atom. The van der Waals surface area contributed by atoms with Crippen LogP contribution in [0.25, 0.3) is 0 Å². The first kappa shape index (κ1) is 29.1. The summed E-state index contributed by atoms with van der Waals surface area (Å²) in [6, 6.07) is 9.04. The fraction of sp³-hybridized carbons (Fsp3) is 0.519. The molecule has 0 amide bonds. The minimum Gasteiger partial charge on any atom is -0.497 e. The van der Waals surface area contributed by atoms with Crippen LogP contribution in [0.3, 0.4) is 0 Å². The molecule has 0 radical (unpaired) electrons. The summed E-state index contributed by atoms with van der Waals surface area (Å²) in [4.78, 5) is 15.5. The Morgan fingerprint density at radius 1 is 1.09 bits per heavy atom. The molecular weight excluding hydrogens is 487 g/mol. The SMILES string of the molecule is CCCCN1CCC(CC(=O)Cc2cc(Cl)c(N)cc2OCc2cc(OC)cc(OC)c2)CC1.Cl. The molecule has 0 unspecified atom stereocenters. The summed E-state index contributed by atoms with van der Waals surface area (Å²) in [5.74, 6) is 2.60. The number of carbonyl (C=O) groups excluding carboxylic acids is 1. The Labute approximate surface area is 220 Å². The van der Waals surface area contributed by atoms with Crippen molar-refractivity contribution in [3.63, 3.8) is 0 Å². The Kier molecular flexibility index (Phi) is 12.0. The van der Waals surface area contributed by atoms with Gasteiger partial charge in [0.15, 0.2) is 0 Å². The molecule has 0 bridgehead atoms. The van der Waals surface area contributed by atoms with Gasteiger partial charge in [0.25, 0.3) is 0 Å². The summed E-state index contributed by atoms with van der Waals surface area (Å²) >= 11 is 6.28. The van der Waals surface area contributed by atoms with E-state index in [2.05, 4.69) is 11.8 Å². The number of rotatable bonds is 12. The molecule has 0 atom stereocenters. The van der Waals surface area contributed by atoms with Gasteiger partial charge in [0.1, 0.15) is 29.6 Å². The van der Waals surface area contributed by atoms with Gasteiger partial charge in [0.05, 0.1) is 24.9 Å².